The Morgan fingerprint density at radius 3 is 2.26 bits per heavy atom. The lowest BCUT2D eigenvalue weighted by molar-refractivity contribution is -0.123. The second kappa shape index (κ2) is 7.61. The van der Waals surface area contributed by atoms with Gasteiger partial charge in [-0.15, -0.1) is 0 Å². The van der Waals surface area contributed by atoms with Crippen molar-refractivity contribution in [1.82, 2.24) is 4.90 Å². The van der Waals surface area contributed by atoms with Gasteiger partial charge in [0.2, 0.25) is 25.4 Å². The number of Topliss-reactive ketones (excluding diaryl/α,β-unsaturated/α-hetero) is 1. The standard InChI is InChI=1S/C29H20N2O7/c32-27(16-5-7-19-21(11-16)37-13-35-19)26-24-23(25-18-4-2-1-3-15(18)9-10-30(25)26)28(33)31(29(24)34)17-6-8-20-22(12-17)38-14-36-20/h1-12,23-26H,13-14H2/t23-,24+,25-,26-/m0/s1. The van der Waals surface area contributed by atoms with E-state index in [0.29, 0.717) is 34.2 Å². The molecule has 0 aromatic heterocycles. The van der Waals surface area contributed by atoms with E-state index in [1.54, 1.807) is 36.4 Å². The number of hydrogen-bond acceptors (Lipinski definition) is 8. The predicted molar refractivity (Wildman–Crippen MR) is 133 cm³/mol. The fourth-order valence-electron chi connectivity index (χ4n) is 6.36. The van der Waals surface area contributed by atoms with Crippen LogP contribution in [0.1, 0.15) is 27.5 Å². The molecule has 5 aliphatic heterocycles. The number of hydrogen-bond donors (Lipinski definition) is 0. The Morgan fingerprint density at radius 1 is 0.763 bits per heavy atom. The average Bonchev–Trinajstić information content (AvgIpc) is 3.71. The molecule has 3 aromatic rings. The van der Waals surface area contributed by atoms with Crippen molar-refractivity contribution in [2.75, 3.05) is 18.5 Å². The number of ether oxygens (including phenoxy) is 4. The minimum absolute atomic E-state index is 0.0815. The summed E-state index contributed by atoms with van der Waals surface area (Å²) < 4.78 is 21.8. The zero-order chi connectivity index (χ0) is 25.5. The van der Waals surface area contributed by atoms with Crippen LogP contribution in [0.2, 0.25) is 0 Å². The summed E-state index contributed by atoms with van der Waals surface area (Å²) in [6.45, 7) is 0.171. The lowest BCUT2D eigenvalue weighted by atomic mass is 9.83. The lowest BCUT2D eigenvalue weighted by Crippen LogP contribution is -2.44. The van der Waals surface area contributed by atoms with Gasteiger partial charge in [0.05, 0.1) is 23.6 Å². The molecule has 188 valence electrons. The van der Waals surface area contributed by atoms with E-state index in [2.05, 4.69) is 0 Å². The number of carbonyl (C=O) groups is 3. The summed E-state index contributed by atoms with van der Waals surface area (Å²) in [5.74, 6) is -0.513. The molecule has 5 heterocycles. The summed E-state index contributed by atoms with van der Waals surface area (Å²) >= 11 is 0. The van der Waals surface area contributed by atoms with Crippen LogP contribution in [0, 0.1) is 11.8 Å². The normalized spacial score (nSPS) is 25.5. The molecule has 0 aliphatic carbocycles. The first-order chi connectivity index (χ1) is 18.6. The third-order valence-electron chi connectivity index (χ3n) is 8.00. The van der Waals surface area contributed by atoms with Gasteiger partial charge in [0.15, 0.2) is 28.8 Å². The van der Waals surface area contributed by atoms with E-state index in [0.717, 1.165) is 11.1 Å². The molecular formula is C29H20N2O7. The van der Waals surface area contributed by atoms with Gasteiger partial charge in [0, 0.05) is 17.8 Å². The van der Waals surface area contributed by atoms with Crippen molar-refractivity contribution in [3.8, 4) is 23.0 Å². The molecule has 0 bridgehead atoms. The van der Waals surface area contributed by atoms with Crippen molar-refractivity contribution in [3.63, 3.8) is 0 Å². The number of nitrogens with zero attached hydrogens (tertiary/aromatic N) is 2. The number of anilines is 1. The van der Waals surface area contributed by atoms with Crippen molar-refractivity contribution in [2.24, 2.45) is 11.8 Å². The van der Waals surface area contributed by atoms with Crippen LogP contribution in [-0.4, -0.2) is 42.1 Å². The molecule has 5 aliphatic rings. The predicted octanol–water partition coefficient (Wildman–Crippen LogP) is 3.54. The van der Waals surface area contributed by atoms with Gasteiger partial charge in [-0.2, -0.15) is 0 Å². The second-order valence-corrected chi connectivity index (χ2v) is 9.81. The summed E-state index contributed by atoms with van der Waals surface area (Å²) in [5, 5.41) is 0. The van der Waals surface area contributed by atoms with Gasteiger partial charge < -0.3 is 23.8 Å². The highest BCUT2D eigenvalue weighted by molar-refractivity contribution is 6.24. The van der Waals surface area contributed by atoms with Gasteiger partial charge >= 0.3 is 0 Å². The Morgan fingerprint density at radius 2 is 1.45 bits per heavy atom. The number of amides is 2. The minimum Gasteiger partial charge on any atom is -0.454 e. The maximum Gasteiger partial charge on any atom is 0.240 e. The van der Waals surface area contributed by atoms with Crippen LogP contribution in [0.15, 0.2) is 66.9 Å². The largest absolute Gasteiger partial charge is 0.454 e. The van der Waals surface area contributed by atoms with Crippen molar-refractivity contribution in [3.05, 3.63) is 83.6 Å². The molecule has 0 spiro atoms. The molecule has 9 nitrogen and oxygen atoms in total. The Kier molecular flexibility index (Phi) is 4.27. The van der Waals surface area contributed by atoms with E-state index in [-0.39, 0.29) is 25.3 Å². The first-order valence-electron chi connectivity index (χ1n) is 12.4. The molecule has 9 heteroatoms. The molecule has 38 heavy (non-hydrogen) atoms. The molecule has 8 rings (SSSR count). The van der Waals surface area contributed by atoms with Gasteiger partial charge in [-0.25, -0.2) is 4.90 Å². The van der Waals surface area contributed by atoms with Crippen LogP contribution in [0.3, 0.4) is 0 Å². The summed E-state index contributed by atoms with van der Waals surface area (Å²) in [4.78, 5) is 45.3. The van der Waals surface area contributed by atoms with E-state index in [1.807, 2.05) is 41.4 Å². The molecular weight excluding hydrogens is 488 g/mol. The van der Waals surface area contributed by atoms with Gasteiger partial charge in [-0.1, -0.05) is 24.3 Å². The highest BCUT2D eigenvalue weighted by Crippen LogP contribution is 2.54. The molecule has 0 saturated carbocycles. The van der Waals surface area contributed by atoms with E-state index in [4.69, 9.17) is 18.9 Å². The van der Waals surface area contributed by atoms with E-state index >= 15 is 0 Å². The smallest absolute Gasteiger partial charge is 0.240 e. The molecule has 2 amide bonds. The SMILES string of the molecule is O=C(c1ccc2c(c1)OCO2)[C@@H]1[C@@H]2C(=O)N(c3ccc4c(c3)OCO4)C(=O)[C@@H]2[C@@H]2c3ccccc3C=CN12. The van der Waals surface area contributed by atoms with Gasteiger partial charge in [-0.3, -0.25) is 14.4 Å². The Bertz CT molecular complexity index is 1600. The van der Waals surface area contributed by atoms with E-state index in [9.17, 15) is 14.4 Å². The number of benzene rings is 3. The third-order valence-corrected chi connectivity index (χ3v) is 8.00. The molecule has 0 N–H and O–H groups in total. The maximum absolute atomic E-state index is 14.1. The van der Waals surface area contributed by atoms with Crippen molar-refractivity contribution in [1.29, 1.82) is 0 Å². The third kappa shape index (κ3) is 2.78. The molecule has 0 radical (unpaired) electrons. The van der Waals surface area contributed by atoms with Crippen LogP contribution in [0.4, 0.5) is 5.69 Å². The highest BCUT2D eigenvalue weighted by atomic mass is 16.7. The van der Waals surface area contributed by atoms with Gasteiger partial charge in [0.1, 0.15) is 6.04 Å². The van der Waals surface area contributed by atoms with Crippen LogP contribution in [0.25, 0.3) is 6.08 Å². The van der Waals surface area contributed by atoms with Crippen molar-refractivity contribution in [2.45, 2.75) is 12.1 Å². The quantitative estimate of drug-likeness (QED) is 0.392. The fourth-order valence-corrected chi connectivity index (χ4v) is 6.36. The summed E-state index contributed by atoms with van der Waals surface area (Å²) in [7, 11) is 0. The Labute approximate surface area is 216 Å². The van der Waals surface area contributed by atoms with Crippen LogP contribution in [-0.2, 0) is 9.59 Å². The highest BCUT2D eigenvalue weighted by Gasteiger charge is 2.64. The molecule has 2 fully saturated rings. The number of imide groups is 1. The average molecular weight is 508 g/mol. The topological polar surface area (TPSA) is 94.6 Å². The maximum atomic E-state index is 14.1. The second-order valence-electron chi connectivity index (χ2n) is 9.81. The molecule has 0 unspecified atom stereocenters. The number of rotatable bonds is 3. The fraction of sp³-hybridized carbons (Fsp3) is 0.207. The van der Waals surface area contributed by atoms with Crippen LogP contribution in [0.5, 0.6) is 23.0 Å². The van der Waals surface area contributed by atoms with Crippen LogP contribution >= 0.6 is 0 Å². The summed E-state index contributed by atoms with van der Waals surface area (Å²) in [5.41, 5.74) is 2.68. The zero-order valence-electron chi connectivity index (χ0n) is 19.9. The van der Waals surface area contributed by atoms with E-state index < -0.39 is 29.8 Å². The lowest BCUT2D eigenvalue weighted by Gasteiger charge is -2.35. The van der Waals surface area contributed by atoms with Crippen molar-refractivity contribution < 1.29 is 33.3 Å². The zero-order valence-corrected chi connectivity index (χ0v) is 19.9. The number of fused-ring (bicyclic) bond motifs is 7. The molecule has 3 aromatic carbocycles. The minimum atomic E-state index is -0.870. The molecule has 2 saturated heterocycles. The first-order valence-corrected chi connectivity index (χ1v) is 12.4. The van der Waals surface area contributed by atoms with Gasteiger partial charge in [0.25, 0.3) is 0 Å². The monoisotopic (exact) mass is 508 g/mol. The van der Waals surface area contributed by atoms with Crippen molar-refractivity contribution >= 4 is 29.4 Å². The first kappa shape index (κ1) is 21.3. The Balaban J connectivity index is 1.25. The van der Waals surface area contributed by atoms with Gasteiger partial charge in [-0.05, 0) is 47.5 Å². The molecule has 4 atom stereocenters. The number of carbonyl (C=O) groups excluding carboxylic acids is 3. The van der Waals surface area contributed by atoms with Crippen LogP contribution < -0.4 is 23.8 Å². The Hall–Kier alpha value is -4.79. The number of ketones is 1. The summed E-state index contributed by atoms with van der Waals surface area (Å²) in [6.07, 6.45) is 3.77. The summed E-state index contributed by atoms with van der Waals surface area (Å²) in [6, 6.07) is 16.5. The van der Waals surface area contributed by atoms with E-state index in [1.165, 1.54) is 4.90 Å².